The molecule has 4 heteroatoms. The predicted molar refractivity (Wildman–Crippen MR) is 71.9 cm³/mol. The van der Waals surface area contributed by atoms with E-state index in [9.17, 15) is 9.18 Å². The molecule has 98 valence electrons. The zero-order chi connectivity index (χ0) is 13.8. The van der Waals surface area contributed by atoms with Crippen molar-refractivity contribution in [1.82, 2.24) is 0 Å². The van der Waals surface area contributed by atoms with Gasteiger partial charge < -0.3 is 10.4 Å². The van der Waals surface area contributed by atoms with Crippen LogP contribution in [0.2, 0.25) is 0 Å². The minimum Gasteiger partial charge on any atom is -0.478 e. The Morgan fingerprint density at radius 1 is 1.21 bits per heavy atom. The summed E-state index contributed by atoms with van der Waals surface area (Å²) in [6.07, 6.45) is 0. The van der Waals surface area contributed by atoms with Gasteiger partial charge in [-0.25, -0.2) is 9.18 Å². The van der Waals surface area contributed by atoms with Crippen LogP contribution in [0, 0.1) is 12.7 Å². The third kappa shape index (κ3) is 3.10. The molecule has 0 radical (unpaired) electrons. The Labute approximate surface area is 110 Å². The van der Waals surface area contributed by atoms with Crippen molar-refractivity contribution in [2.75, 3.05) is 5.32 Å². The summed E-state index contributed by atoms with van der Waals surface area (Å²) in [5.74, 6) is -1.24. The maximum Gasteiger partial charge on any atom is 0.335 e. The summed E-state index contributed by atoms with van der Waals surface area (Å²) in [6.45, 7) is 2.28. The van der Waals surface area contributed by atoms with Crippen LogP contribution in [0.4, 0.5) is 10.1 Å². The highest BCUT2D eigenvalue weighted by Crippen LogP contribution is 2.19. The maximum atomic E-state index is 13.6. The number of anilines is 1. The second-order valence-electron chi connectivity index (χ2n) is 4.29. The Balaban J connectivity index is 2.08. The van der Waals surface area contributed by atoms with Crippen molar-refractivity contribution < 1.29 is 14.3 Å². The first-order chi connectivity index (χ1) is 9.08. The van der Waals surface area contributed by atoms with Crippen LogP contribution in [0.5, 0.6) is 0 Å². The zero-order valence-corrected chi connectivity index (χ0v) is 10.5. The van der Waals surface area contributed by atoms with E-state index < -0.39 is 5.97 Å². The minimum absolute atomic E-state index is 0.242. The highest BCUT2D eigenvalue weighted by molar-refractivity contribution is 5.87. The van der Waals surface area contributed by atoms with E-state index in [2.05, 4.69) is 5.32 Å². The van der Waals surface area contributed by atoms with E-state index in [-0.39, 0.29) is 11.4 Å². The third-order valence-electron chi connectivity index (χ3n) is 2.89. The Morgan fingerprint density at radius 2 is 1.89 bits per heavy atom. The lowest BCUT2D eigenvalue weighted by atomic mass is 10.1. The Bertz CT molecular complexity index is 573. The normalized spacial score (nSPS) is 10.2. The Hall–Kier alpha value is -2.36. The number of aromatic carboxylic acids is 1. The number of carboxylic acid groups (broad SMARTS) is 1. The lowest BCUT2D eigenvalue weighted by Crippen LogP contribution is -2.04. The van der Waals surface area contributed by atoms with Crippen LogP contribution in [0.15, 0.2) is 42.5 Å². The van der Waals surface area contributed by atoms with Crippen LogP contribution in [0.1, 0.15) is 21.5 Å². The quantitative estimate of drug-likeness (QED) is 0.884. The summed E-state index contributed by atoms with van der Waals surface area (Å²) in [7, 11) is 0. The summed E-state index contributed by atoms with van der Waals surface area (Å²) in [6, 6.07) is 11.4. The van der Waals surface area contributed by atoms with Crippen LogP contribution >= 0.6 is 0 Å². The summed E-state index contributed by atoms with van der Waals surface area (Å²) >= 11 is 0. The molecule has 0 saturated heterocycles. The molecular weight excluding hydrogens is 245 g/mol. The van der Waals surface area contributed by atoms with E-state index in [1.54, 1.807) is 18.2 Å². The van der Waals surface area contributed by atoms with Crippen molar-refractivity contribution in [3.8, 4) is 0 Å². The van der Waals surface area contributed by atoms with Crippen molar-refractivity contribution in [3.63, 3.8) is 0 Å². The molecule has 0 unspecified atom stereocenters. The molecule has 0 bridgehead atoms. The molecule has 0 aliphatic heterocycles. The molecule has 2 aromatic carbocycles. The first-order valence-corrected chi connectivity index (χ1v) is 5.89. The fourth-order valence-corrected chi connectivity index (χ4v) is 1.81. The fourth-order valence-electron chi connectivity index (χ4n) is 1.81. The number of nitrogens with one attached hydrogen (secondary N) is 1. The van der Waals surface area contributed by atoms with Crippen LogP contribution in [-0.4, -0.2) is 11.1 Å². The second kappa shape index (κ2) is 5.52. The monoisotopic (exact) mass is 259 g/mol. The lowest BCUT2D eigenvalue weighted by Gasteiger charge is -2.10. The summed E-state index contributed by atoms with van der Waals surface area (Å²) in [5, 5.41) is 11.8. The van der Waals surface area contributed by atoms with E-state index in [4.69, 9.17) is 5.11 Å². The number of hydrogen-bond donors (Lipinski definition) is 2. The molecule has 2 aromatic rings. The predicted octanol–water partition coefficient (Wildman–Crippen LogP) is 3.44. The molecule has 0 spiro atoms. The molecule has 0 aliphatic rings. The van der Waals surface area contributed by atoms with E-state index in [1.165, 1.54) is 18.2 Å². The minimum atomic E-state index is -0.954. The molecule has 0 aliphatic carbocycles. The largest absolute Gasteiger partial charge is 0.478 e. The molecule has 3 nitrogen and oxygen atoms in total. The number of carbonyl (C=O) groups is 1. The average molecular weight is 259 g/mol. The number of rotatable bonds is 4. The van der Waals surface area contributed by atoms with Gasteiger partial charge in [-0.3, -0.25) is 0 Å². The summed E-state index contributed by atoms with van der Waals surface area (Å²) in [4.78, 5) is 10.7. The molecule has 2 rings (SSSR count). The summed E-state index contributed by atoms with van der Waals surface area (Å²) in [5.41, 5.74) is 2.45. The zero-order valence-electron chi connectivity index (χ0n) is 10.5. The topological polar surface area (TPSA) is 49.3 Å². The highest BCUT2D eigenvalue weighted by atomic mass is 19.1. The SMILES string of the molecule is Cc1cccc(F)c1NCc1ccc(C(=O)O)cc1. The van der Waals surface area contributed by atoms with Gasteiger partial charge in [0.2, 0.25) is 0 Å². The number of aryl methyl sites for hydroxylation is 1. The van der Waals surface area contributed by atoms with Crippen molar-refractivity contribution in [1.29, 1.82) is 0 Å². The van der Waals surface area contributed by atoms with E-state index in [0.717, 1.165) is 11.1 Å². The molecule has 0 amide bonds. The Kier molecular flexibility index (Phi) is 3.80. The maximum absolute atomic E-state index is 13.6. The van der Waals surface area contributed by atoms with E-state index in [1.807, 2.05) is 13.0 Å². The molecule has 0 aromatic heterocycles. The molecular formula is C15H14FNO2. The molecule has 2 N–H and O–H groups in total. The van der Waals surface area contributed by atoms with Gasteiger partial charge >= 0.3 is 5.97 Å². The lowest BCUT2D eigenvalue weighted by molar-refractivity contribution is 0.0697. The standard InChI is InChI=1S/C15H14FNO2/c1-10-3-2-4-13(16)14(10)17-9-11-5-7-12(8-6-11)15(18)19/h2-8,17H,9H2,1H3,(H,18,19). The van der Waals surface area contributed by atoms with Crippen molar-refractivity contribution >= 4 is 11.7 Å². The van der Waals surface area contributed by atoms with Crippen LogP contribution in [0.25, 0.3) is 0 Å². The van der Waals surface area contributed by atoms with Gasteiger partial charge in [0.1, 0.15) is 5.82 Å². The van der Waals surface area contributed by atoms with E-state index in [0.29, 0.717) is 12.2 Å². The number of carboxylic acids is 1. The van der Waals surface area contributed by atoms with Gasteiger partial charge in [-0.05, 0) is 36.2 Å². The smallest absolute Gasteiger partial charge is 0.335 e. The van der Waals surface area contributed by atoms with Crippen molar-refractivity contribution in [2.24, 2.45) is 0 Å². The van der Waals surface area contributed by atoms with Gasteiger partial charge in [0.15, 0.2) is 0 Å². The Morgan fingerprint density at radius 3 is 2.47 bits per heavy atom. The van der Waals surface area contributed by atoms with Crippen molar-refractivity contribution in [3.05, 3.63) is 65.0 Å². The van der Waals surface area contributed by atoms with Gasteiger partial charge in [-0.15, -0.1) is 0 Å². The first kappa shape index (κ1) is 13.1. The molecule has 0 heterocycles. The summed E-state index contributed by atoms with van der Waals surface area (Å²) < 4.78 is 13.6. The third-order valence-corrected chi connectivity index (χ3v) is 2.89. The second-order valence-corrected chi connectivity index (χ2v) is 4.29. The average Bonchev–Trinajstić information content (AvgIpc) is 2.38. The van der Waals surface area contributed by atoms with Crippen molar-refractivity contribution in [2.45, 2.75) is 13.5 Å². The number of hydrogen-bond acceptors (Lipinski definition) is 2. The van der Waals surface area contributed by atoms with Gasteiger partial charge in [0, 0.05) is 6.54 Å². The number of halogens is 1. The van der Waals surface area contributed by atoms with Crippen LogP contribution in [0.3, 0.4) is 0 Å². The van der Waals surface area contributed by atoms with Gasteiger partial charge in [-0.2, -0.15) is 0 Å². The highest BCUT2D eigenvalue weighted by Gasteiger charge is 2.05. The number of para-hydroxylation sites is 1. The molecule has 19 heavy (non-hydrogen) atoms. The van der Waals surface area contributed by atoms with Gasteiger partial charge in [-0.1, -0.05) is 24.3 Å². The van der Waals surface area contributed by atoms with Crippen LogP contribution in [-0.2, 0) is 6.54 Å². The van der Waals surface area contributed by atoms with E-state index >= 15 is 0 Å². The number of benzene rings is 2. The van der Waals surface area contributed by atoms with Gasteiger partial charge in [0.05, 0.1) is 11.3 Å². The fraction of sp³-hybridized carbons (Fsp3) is 0.133. The molecule has 0 saturated carbocycles. The first-order valence-electron chi connectivity index (χ1n) is 5.89. The van der Waals surface area contributed by atoms with Crippen LogP contribution < -0.4 is 5.32 Å². The molecule has 0 atom stereocenters. The molecule has 0 fully saturated rings. The van der Waals surface area contributed by atoms with Gasteiger partial charge in [0.25, 0.3) is 0 Å².